The first kappa shape index (κ1) is 15.1. The molecule has 0 aliphatic rings. The molecule has 21 heavy (non-hydrogen) atoms. The minimum Gasteiger partial charge on any atom is -0.409 e. The zero-order chi connectivity index (χ0) is 15.2. The Morgan fingerprint density at radius 1 is 1.19 bits per heavy atom. The minimum absolute atomic E-state index is 0.128. The average molecular weight is 283 g/mol. The molecule has 0 aliphatic carbocycles. The zero-order valence-corrected chi connectivity index (χ0v) is 12.4. The Labute approximate surface area is 125 Å². The number of aryl methyl sites for hydroxylation is 1. The molecule has 2 aromatic rings. The van der Waals surface area contributed by atoms with Crippen LogP contribution in [0, 0.1) is 6.92 Å². The van der Waals surface area contributed by atoms with Crippen LogP contribution in [0.5, 0.6) is 0 Å². The molecule has 4 N–H and O–H groups in total. The van der Waals surface area contributed by atoms with E-state index in [1.54, 1.807) is 0 Å². The molecule has 0 bridgehead atoms. The fraction of sp³-hybridized carbons (Fsp3) is 0.235. The summed E-state index contributed by atoms with van der Waals surface area (Å²) >= 11 is 0. The molecule has 0 amide bonds. The highest BCUT2D eigenvalue weighted by atomic mass is 16.4. The maximum absolute atomic E-state index is 8.64. The number of hydrogen-bond donors (Lipinski definition) is 3. The van der Waals surface area contributed by atoms with Crippen LogP contribution in [0.2, 0.25) is 0 Å². The molecule has 0 aromatic heterocycles. The Bertz CT molecular complexity index is 620. The third kappa shape index (κ3) is 3.83. The van der Waals surface area contributed by atoms with Crippen LogP contribution in [0.25, 0.3) is 0 Å². The summed E-state index contributed by atoms with van der Waals surface area (Å²) in [5.74, 6) is 0.128. The van der Waals surface area contributed by atoms with Crippen LogP contribution in [0.1, 0.15) is 35.2 Å². The molecule has 1 atom stereocenters. The molecule has 1 unspecified atom stereocenters. The molecule has 0 spiro atoms. The van der Waals surface area contributed by atoms with E-state index in [2.05, 4.69) is 48.6 Å². The summed E-state index contributed by atoms with van der Waals surface area (Å²) in [4.78, 5) is 0. The smallest absolute Gasteiger partial charge is 0.170 e. The van der Waals surface area contributed by atoms with Crippen LogP contribution in [-0.2, 0) is 6.54 Å². The highest BCUT2D eigenvalue weighted by Crippen LogP contribution is 2.17. The fourth-order valence-electron chi connectivity index (χ4n) is 2.30. The van der Waals surface area contributed by atoms with E-state index < -0.39 is 0 Å². The van der Waals surface area contributed by atoms with Crippen molar-refractivity contribution in [3.05, 3.63) is 70.8 Å². The monoisotopic (exact) mass is 283 g/mol. The van der Waals surface area contributed by atoms with Crippen molar-refractivity contribution in [2.75, 3.05) is 0 Å². The molecule has 4 heteroatoms. The summed E-state index contributed by atoms with van der Waals surface area (Å²) in [6.07, 6.45) is 0. The first-order chi connectivity index (χ1) is 10.1. The average Bonchev–Trinajstić information content (AvgIpc) is 2.52. The molecule has 0 saturated carbocycles. The molecular formula is C17H21N3O. The quantitative estimate of drug-likeness (QED) is 0.342. The van der Waals surface area contributed by atoms with Gasteiger partial charge in [0.05, 0.1) is 0 Å². The highest BCUT2D eigenvalue weighted by molar-refractivity contribution is 5.96. The van der Waals surface area contributed by atoms with Crippen molar-refractivity contribution < 1.29 is 5.21 Å². The van der Waals surface area contributed by atoms with Gasteiger partial charge in [0.25, 0.3) is 0 Å². The van der Waals surface area contributed by atoms with Crippen LogP contribution in [0.3, 0.4) is 0 Å². The van der Waals surface area contributed by atoms with Gasteiger partial charge in [-0.2, -0.15) is 0 Å². The van der Waals surface area contributed by atoms with E-state index >= 15 is 0 Å². The van der Waals surface area contributed by atoms with E-state index in [4.69, 9.17) is 10.9 Å². The second-order valence-electron chi connectivity index (χ2n) is 5.14. The zero-order valence-electron chi connectivity index (χ0n) is 12.4. The van der Waals surface area contributed by atoms with Gasteiger partial charge in [0.1, 0.15) is 0 Å². The van der Waals surface area contributed by atoms with Crippen molar-refractivity contribution in [3.63, 3.8) is 0 Å². The van der Waals surface area contributed by atoms with E-state index in [-0.39, 0.29) is 11.9 Å². The van der Waals surface area contributed by atoms with Gasteiger partial charge in [-0.3, -0.25) is 0 Å². The van der Waals surface area contributed by atoms with Gasteiger partial charge >= 0.3 is 0 Å². The number of nitrogens with one attached hydrogen (secondary N) is 1. The molecule has 0 radical (unpaired) electrons. The van der Waals surface area contributed by atoms with E-state index in [0.717, 1.165) is 12.1 Å². The standard InChI is InChI=1S/C17H21N3O/c1-12-5-3-4-6-16(12)13(2)19-11-14-7-9-15(10-8-14)17(18)20-21/h3-10,13,19,21H,11H2,1-2H3,(H2,18,20). The molecule has 0 heterocycles. The molecular weight excluding hydrogens is 262 g/mol. The van der Waals surface area contributed by atoms with Crippen LogP contribution in [0.4, 0.5) is 0 Å². The van der Waals surface area contributed by atoms with Gasteiger partial charge in [-0.1, -0.05) is 53.7 Å². The predicted octanol–water partition coefficient (Wildman–Crippen LogP) is 2.94. The predicted molar refractivity (Wildman–Crippen MR) is 85.4 cm³/mol. The second kappa shape index (κ2) is 6.90. The normalized spacial score (nSPS) is 13.1. The number of benzene rings is 2. The lowest BCUT2D eigenvalue weighted by molar-refractivity contribution is 0.318. The molecule has 0 aliphatic heterocycles. The lowest BCUT2D eigenvalue weighted by Crippen LogP contribution is -2.19. The molecule has 0 fully saturated rings. The minimum atomic E-state index is 0.128. The highest BCUT2D eigenvalue weighted by Gasteiger charge is 2.07. The number of nitrogens with zero attached hydrogens (tertiary/aromatic N) is 1. The first-order valence-electron chi connectivity index (χ1n) is 6.97. The van der Waals surface area contributed by atoms with Crippen molar-refractivity contribution in [2.24, 2.45) is 10.9 Å². The van der Waals surface area contributed by atoms with Gasteiger partial charge < -0.3 is 16.3 Å². The van der Waals surface area contributed by atoms with Gasteiger partial charge in [-0.05, 0) is 30.5 Å². The SMILES string of the molecule is Cc1ccccc1C(C)NCc1ccc(C(N)=NO)cc1. The largest absolute Gasteiger partial charge is 0.409 e. The van der Waals surface area contributed by atoms with Crippen LogP contribution in [0.15, 0.2) is 53.7 Å². The summed E-state index contributed by atoms with van der Waals surface area (Å²) in [6.45, 7) is 5.05. The number of oxime groups is 1. The number of nitrogens with two attached hydrogens (primary N) is 1. The van der Waals surface area contributed by atoms with E-state index in [1.165, 1.54) is 11.1 Å². The van der Waals surface area contributed by atoms with Gasteiger partial charge in [0.2, 0.25) is 0 Å². The van der Waals surface area contributed by atoms with Crippen molar-refractivity contribution in [3.8, 4) is 0 Å². The lowest BCUT2D eigenvalue weighted by atomic mass is 10.0. The van der Waals surface area contributed by atoms with Crippen LogP contribution in [-0.4, -0.2) is 11.0 Å². The van der Waals surface area contributed by atoms with E-state index in [9.17, 15) is 0 Å². The second-order valence-corrected chi connectivity index (χ2v) is 5.14. The summed E-state index contributed by atoms with van der Waals surface area (Å²) in [5, 5.41) is 15.1. The summed E-state index contributed by atoms with van der Waals surface area (Å²) in [7, 11) is 0. The van der Waals surface area contributed by atoms with Gasteiger partial charge in [-0.15, -0.1) is 0 Å². The fourth-order valence-corrected chi connectivity index (χ4v) is 2.30. The third-order valence-corrected chi connectivity index (χ3v) is 3.62. The molecule has 110 valence electrons. The number of amidine groups is 1. The van der Waals surface area contributed by atoms with Gasteiger partial charge in [-0.25, -0.2) is 0 Å². The Hall–Kier alpha value is -2.33. The maximum atomic E-state index is 8.64. The first-order valence-corrected chi connectivity index (χ1v) is 6.97. The van der Waals surface area contributed by atoms with Crippen LogP contribution >= 0.6 is 0 Å². The molecule has 2 aromatic carbocycles. The van der Waals surface area contributed by atoms with Crippen molar-refractivity contribution >= 4 is 5.84 Å². The van der Waals surface area contributed by atoms with Crippen molar-refractivity contribution in [1.29, 1.82) is 0 Å². The summed E-state index contributed by atoms with van der Waals surface area (Å²) in [5.41, 5.74) is 10.0. The van der Waals surface area contributed by atoms with Crippen molar-refractivity contribution in [1.82, 2.24) is 5.32 Å². The topological polar surface area (TPSA) is 70.6 Å². The Kier molecular flexibility index (Phi) is 4.95. The lowest BCUT2D eigenvalue weighted by Gasteiger charge is -2.16. The van der Waals surface area contributed by atoms with E-state index in [0.29, 0.717) is 5.56 Å². The summed E-state index contributed by atoms with van der Waals surface area (Å²) in [6, 6.07) is 16.3. The Balaban J connectivity index is 1.98. The molecule has 2 rings (SSSR count). The van der Waals surface area contributed by atoms with E-state index in [1.807, 2.05) is 24.3 Å². The van der Waals surface area contributed by atoms with Crippen LogP contribution < -0.4 is 11.1 Å². The Morgan fingerprint density at radius 3 is 2.48 bits per heavy atom. The van der Waals surface area contributed by atoms with Crippen molar-refractivity contribution in [2.45, 2.75) is 26.4 Å². The third-order valence-electron chi connectivity index (χ3n) is 3.62. The summed E-state index contributed by atoms with van der Waals surface area (Å²) < 4.78 is 0. The molecule has 4 nitrogen and oxygen atoms in total. The number of hydrogen-bond acceptors (Lipinski definition) is 3. The molecule has 0 saturated heterocycles. The van der Waals surface area contributed by atoms with Gasteiger partial charge in [0, 0.05) is 18.2 Å². The Morgan fingerprint density at radius 2 is 1.86 bits per heavy atom. The maximum Gasteiger partial charge on any atom is 0.170 e. The number of rotatable bonds is 5. The van der Waals surface area contributed by atoms with Gasteiger partial charge in [0.15, 0.2) is 5.84 Å².